The normalized spacial score (nSPS) is 15.9. The fourth-order valence-corrected chi connectivity index (χ4v) is 5.32. The van der Waals surface area contributed by atoms with Gasteiger partial charge in [0.25, 0.3) is 0 Å². The van der Waals surface area contributed by atoms with Crippen LogP contribution in [0.15, 0.2) is 59.6 Å². The van der Waals surface area contributed by atoms with Crippen LogP contribution >= 0.6 is 0 Å². The number of hydrogen-bond acceptors (Lipinski definition) is 4. The number of nitrogens with one attached hydrogen (secondary N) is 2. The van der Waals surface area contributed by atoms with Crippen LogP contribution in [-0.2, 0) is 21.4 Å². The van der Waals surface area contributed by atoms with Crippen LogP contribution in [0.3, 0.4) is 0 Å². The van der Waals surface area contributed by atoms with E-state index >= 15 is 0 Å². The number of benzene rings is 2. The third-order valence-corrected chi connectivity index (χ3v) is 7.48. The molecule has 2 N–H and O–H groups in total. The van der Waals surface area contributed by atoms with E-state index in [-0.39, 0.29) is 16.7 Å². The molecule has 2 aromatic carbocycles. The Morgan fingerprint density at radius 2 is 1.97 bits per heavy atom. The molecular weight excluding hydrogens is 402 g/mol. The lowest BCUT2D eigenvalue weighted by atomic mass is 9.97. The van der Waals surface area contributed by atoms with Crippen LogP contribution in [0.4, 0.5) is 0 Å². The molecule has 1 saturated heterocycles. The number of fused-ring (bicyclic) bond motifs is 1. The van der Waals surface area contributed by atoms with Crippen molar-refractivity contribution in [3.8, 4) is 5.75 Å². The minimum Gasteiger partial charge on any atom is -0.497 e. The van der Waals surface area contributed by atoms with Crippen molar-refractivity contribution < 1.29 is 17.9 Å². The monoisotopic (exact) mass is 427 g/mol. The zero-order valence-electron chi connectivity index (χ0n) is 16.8. The van der Waals surface area contributed by atoms with Gasteiger partial charge in [0.1, 0.15) is 5.75 Å². The zero-order chi connectivity index (χ0) is 21.1. The minimum atomic E-state index is -3.57. The molecule has 30 heavy (non-hydrogen) atoms. The highest BCUT2D eigenvalue weighted by Crippen LogP contribution is 2.26. The molecule has 7 nitrogen and oxygen atoms in total. The van der Waals surface area contributed by atoms with Crippen molar-refractivity contribution in [1.29, 1.82) is 0 Å². The zero-order valence-corrected chi connectivity index (χ0v) is 17.6. The number of amides is 1. The molecule has 8 heteroatoms. The van der Waals surface area contributed by atoms with Crippen molar-refractivity contribution in [2.45, 2.75) is 24.3 Å². The molecule has 0 unspecified atom stereocenters. The summed E-state index contributed by atoms with van der Waals surface area (Å²) in [4.78, 5) is 15.9. The predicted octanol–water partition coefficient (Wildman–Crippen LogP) is 2.89. The fraction of sp³-hybridized carbons (Fsp3) is 0.318. The van der Waals surface area contributed by atoms with Gasteiger partial charge in [-0.2, -0.15) is 4.31 Å². The number of methoxy groups -OCH3 is 1. The lowest BCUT2D eigenvalue weighted by Crippen LogP contribution is -2.42. The first-order valence-electron chi connectivity index (χ1n) is 9.95. The van der Waals surface area contributed by atoms with Gasteiger partial charge in [-0.15, -0.1) is 0 Å². The van der Waals surface area contributed by atoms with E-state index in [1.54, 1.807) is 31.5 Å². The van der Waals surface area contributed by atoms with Crippen LogP contribution < -0.4 is 10.1 Å². The van der Waals surface area contributed by atoms with E-state index in [4.69, 9.17) is 4.74 Å². The molecule has 1 aromatic heterocycles. The number of H-pyrrole nitrogens is 1. The highest BCUT2D eigenvalue weighted by atomic mass is 32.2. The number of rotatable bonds is 6. The van der Waals surface area contributed by atoms with Gasteiger partial charge in [0.15, 0.2) is 0 Å². The Labute approximate surface area is 176 Å². The lowest BCUT2D eigenvalue weighted by molar-refractivity contribution is -0.126. The van der Waals surface area contributed by atoms with Gasteiger partial charge in [0.2, 0.25) is 15.9 Å². The second-order valence-corrected chi connectivity index (χ2v) is 9.41. The third kappa shape index (κ3) is 4.20. The number of piperidine rings is 1. The second kappa shape index (κ2) is 8.49. The molecule has 3 aromatic rings. The van der Waals surface area contributed by atoms with Gasteiger partial charge in [-0.1, -0.05) is 12.1 Å². The molecule has 1 amide bonds. The molecule has 0 bridgehead atoms. The maximum absolute atomic E-state index is 13.0. The van der Waals surface area contributed by atoms with Crippen LogP contribution in [0.1, 0.15) is 18.4 Å². The maximum Gasteiger partial charge on any atom is 0.243 e. The molecule has 158 valence electrons. The van der Waals surface area contributed by atoms with Gasteiger partial charge in [0, 0.05) is 42.7 Å². The highest BCUT2D eigenvalue weighted by Gasteiger charge is 2.32. The Bertz CT molecular complexity index is 1150. The molecule has 1 aliphatic heterocycles. The average molecular weight is 428 g/mol. The summed E-state index contributed by atoms with van der Waals surface area (Å²) in [5.41, 5.74) is 1.86. The maximum atomic E-state index is 13.0. The van der Waals surface area contributed by atoms with E-state index < -0.39 is 10.0 Å². The first-order chi connectivity index (χ1) is 14.5. The summed E-state index contributed by atoms with van der Waals surface area (Å²) in [6.07, 6.45) is 2.81. The Morgan fingerprint density at radius 3 is 2.73 bits per heavy atom. The predicted molar refractivity (Wildman–Crippen MR) is 115 cm³/mol. The summed E-state index contributed by atoms with van der Waals surface area (Å²) in [6, 6.07) is 14.5. The minimum absolute atomic E-state index is 0.0383. The number of carbonyl (C=O) groups excluding carboxylic acids is 1. The number of ether oxygens (including phenoxy) is 1. The summed E-state index contributed by atoms with van der Waals surface area (Å²) < 4.78 is 32.7. The number of nitrogens with zero attached hydrogens (tertiary/aromatic N) is 1. The van der Waals surface area contributed by atoms with Crippen LogP contribution in [0.5, 0.6) is 5.75 Å². The summed E-state index contributed by atoms with van der Waals surface area (Å²) in [5, 5.41) is 3.82. The van der Waals surface area contributed by atoms with E-state index in [1.165, 1.54) is 4.31 Å². The fourth-order valence-electron chi connectivity index (χ4n) is 3.82. The van der Waals surface area contributed by atoms with Crippen molar-refractivity contribution in [2.75, 3.05) is 20.2 Å². The molecule has 2 heterocycles. The van der Waals surface area contributed by atoms with Crippen molar-refractivity contribution in [1.82, 2.24) is 14.6 Å². The van der Waals surface area contributed by atoms with E-state index in [0.29, 0.717) is 32.5 Å². The van der Waals surface area contributed by atoms with Crippen LogP contribution in [0, 0.1) is 5.92 Å². The number of hydrogen-bond donors (Lipinski definition) is 2. The van der Waals surface area contributed by atoms with Gasteiger partial charge in [-0.3, -0.25) is 4.79 Å². The lowest BCUT2D eigenvalue weighted by Gasteiger charge is -2.30. The van der Waals surface area contributed by atoms with Gasteiger partial charge in [0.05, 0.1) is 12.0 Å². The second-order valence-electron chi connectivity index (χ2n) is 7.47. The van der Waals surface area contributed by atoms with Gasteiger partial charge >= 0.3 is 0 Å². The van der Waals surface area contributed by atoms with Gasteiger partial charge in [-0.05, 0) is 54.8 Å². The smallest absolute Gasteiger partial charge is 0.243 e. The molecule has 4 rings (SSSR count). The Balaban J connectivity index is 1.35. The summed E-state index contributed by atoms with van der Waals surface area (Å²) in [6.45, 7) is 1.10. The molecular formula is C22H25N3O4S. The van der Waals surface area contributed by atoms with Crippen molar-refractivity contribution in [3.63, 3.8) is 0 Å². The topological polar surface area (TPSA) is 91.5 Å². The largest absolute Gasteiger partial charge is 0.497 e. The number of aromatic amines is 1. The molecule has 0 radical (unpaired) electrons. The summed E-state index contributed by atoms with van der Waals surface area (Å²) in [7, 11) is -1.96. The van der Waals surface area contributed by atoms with Crippen molar-refractivity contribution in [3.05, 3.63) is 60.3 Å². The Kier molecular flexibility index (Phi) is 5.78. The first-order valence-corrected chi connectivity index (χ1v) is 11.4. The van der Waals surface area contributed by atoms with E-state index in [0.717, 1.165) is 22.2 Å². The van der Waals surface area contributed by atoms with E-state index in [2.05, 4.69) is 10.3 Å². The molecule has 0 saturated carbocycles. The molecule has 0 spiro atoms. The van der Waals surface area contributed by atoms with E-state index in [1.807, 2.05) is 30.3 Å². The number of sulfonamides is 1. The Morgan fingerprint density at radius 1 is 1.17 bits per heavy atom. The SMILES string of the molecule is COc1cccc(CNC(=O)C2CCN(S(=O)(=O)c3ccc4[nH]ccc4c3)CC2)c1. The first kappa shape index (κ1) is 20.4. The van der Waals surface area contributed by atoms with Crippen molar-refractivity contribution in [2.24, 2.45) is 5.92 Å². The molecule has 1 fully saturated rings. The van der Waals surface area contributed by atoms with Crippen molar-refractivity contribution >= 4 is 26.8 Å². The molecule has 0 aliphatic carbocycles. The third-order valence-electron chi connectivity index (χ3n) is 5.59. The highest BCUT2D eigenvalue weighted by molar-refractivity contribution is 7.89. The average Bonchev–Trinajstić information content (AvgIpc) is 3.25. The van der Waals surface area contributed by atoms with Gasteiger partial charge < -0.3 is 15.0 Å². The van der Waals surface area contributed by atoms with Crippen LogP contribution in [-0.4, -0.2) is 43.8 Å². The molecule has 1 aliphatic rings. The quantitative estimate of drug-likeness (QED) is 0.633. The summed E-state index contributed by atoms with van der Waals surface area (Å²) >= 11 is 0. The number of carbonyl (C=O) groups is 1. The van der Waals surface area contributed by atoms with Crippen LogP contribution in [0.2, 0.25) is 0 Å². The standard InChI is InChI=1S/C22H25N3O4S/c1-29-19-4-2-3-16(13-19)15-24-22(26)17-8-11-25(12-9-17)30(27,28)20-5-6-21-18(14-20)7-10-23-21/h2-7,10,13-14,17,23H,8-9,11-12,15H2,1H3,(H,24,26). The van der Waals surface area contributed by atoms with Crippen LogP contribution in [0.25, 0.3) is 10.9 Å². The summed E-state index contributed by atoms with van der Waals surface area (Å²) in [5.74, 6) is 0.524. The number of aromatic nitrogens is 1. The Hall–Kier alpha value is -2.84. The van der Waals surface area contributed by atoms with E-state index in [9.17, 15) is 13.2 Å². The van der Waals surface area contributed by atoms with Gasteiger partial charge in [-0.25, -0.2) is 8.42 Å². The molecule has 0 atom stereocenters.